The lowest BCUT2D eigenvalue weighted by Crippen LogP contribution is -1.95. The predicted molar refractivity (Wildman–Crippen MR) is 37.4 cm³/mol. The van der Waals surface area contributed by atoms with Crippen molar-refractivity contribution in [2.75, 3.05) is 5.73 Å². The van der Waals surface area contributed by atoms with Crippen molar-refractivity contribution in [2.24, 2.45) is 0 Å². The van der Waals surface area contributed by atoms with E-state index in [4.69, 9.17) is 5.73 Å². The van der Waals surface area contributed by atoms with Gasteiger partial charge in [-0.1, -0.05) is 0 Å². The van der Waals surface area contributed by atoms with Crippen molar-refractivity contribution in [3.8, 4) is 0 Å². The van der Waals surface area contributed by atoms with Crippen LogP contribution in [0, 0.1) is 5.82 Å². The first-order valence-corrected chi connectivity index (χ1v) is 3.02. The summed E-state index contributed by atoms with van der Waals surface area (Å²) in [6.45, 7) is 0. The van der Waals surface area contributed by atoms with Gasteiger partial charge in [0.05, 0.1) is 11.9 Å². The number of aromatic nitrogens is 3. The first-order chi connectivity index (χ1) is 5.27. The fourth-order valence-corrected chi connectivity index (χ4v) is 0.852. The predicted octanol–water partition coefficient (Wildman–Crippen LogP) is 0.451. The zero-order valence-electron chi connectivity index (χ0n) is 5.53. The monoisotopic (exact) mass is 152 g/mol. The fraction of sp³-hybridized carbons (Fsp3) is 0. The van der Waals surface area contributed by atoms with Gasteiger partial charge < -0.3 is 5.73 Å². The van der Waals surface area contributed by atoms with Crippen LogP contribution in [-0.4, -0.2) is 14.6 Å². The molecule has 2 heterocycles. The summed E-state index contributed by atoms with van der Waals surface area (Å²) in [6, 6.07) is 1.24. The van der Waals surface area contributed by atoms with E-state index in [0.29, 0.717) is 5.65 Å². The molecule has 0 aliphatic heterocycles. The van der Waals surface area contributed by atoms with Gasteiger partial charge in [-0.25, -0.2) is 13.9 Å². The molecule has 0 atom stereocenters. The van der Waals surface area contributed by atoms with Crippen LogP contribution in [0.25, 0.3) is 5.65 Å². The highest BCUT2D eigenvalue weighted by Crippen LogP contribution is 2.09. The maximum Gasteiger partial charge on any atom is 0.158 e. The third kappa shape index (κ3) is 0.813. The molecule has 4 nitrogen and oxygen atoms in total. The van der Waals surface area contributed by atoms with Crippen molar-refractivity contribution in [3.05, 3.63) is 24.4 Å². The highest BCUT2D eigenvalue weighted by Gasteiger charge is 2.01. The van der Waals surface area contributed by atoms with Gasteiger partial charge in [-0.2, -0.15) is 5.10 Å². The SMILES string of the molecule is Nc1cn2ncnc2cc1F. The summed E-state index contributed by atoms with van der Waals surface area (Å²) in [5.41, 5.74) is 5.81. The second-order valence-electron chi connectivity index (χ2n) is 2.14. The Kier molecular flexibility index (Phi) is 1.06. The van der Waals surface area contributed by atoms with Gasteiger partial charge >= 0.3 is 0 Å². The molecule has 0 aliphatic rings. The van der Waals surface area contributed by atoms with Gasteiger partial charge in [0, 0.05) is 6.07 Å². The van der Waals surface area contributed by atoms with E-state index in [9.17, 15) is 4.39 Å². The van der Waals surface area contributed by atoms with Gasteiger partial charge in [-0.15, -0.1) is 0 Å². The van der Waals surface area contributed by atoms with Gasteiger partial charge in [-0.05, 0) is 0 Å². The molecule has 2 rings (SSSR count). The van der Waals surface area contributed by atoms with Crippen LogP contribution in [0.1, 0.15) is 0 Å². The lowest BCUT2D eigenvalue weighted by molar-refractivity contribution is 0.630. The Morgan fingerprint density at radius 3 is 3.18 bits per heavy atom. The van der Waals surface area contributed by atoms with Crippen molar-refractivity contribution in [2.45, 2.75) is 0 Å². The summed E-state index contributed by atoms with van der Waals surface area (Å²) in [7, 11) is 0. The average molecular weight is 152 g/mol. The molecule has 0 radical (unpaired) electrons. The van der Waals surface area contributed by atoms with Crippen LogP contribution < -0.4 is 5.73 Å². The van der Waals surface area contributed by atoms with Crippen LogP contribution in [-0.2, 0) is 0 Å². The van der Waals surface area contributed by atoms with Crippen LogP contribution in [0.2, 0.25) is 0 Å². The Balaban J connectivity index is 2.86. The number of pyridine rings is 1. The van der Waals surface area contributed by atoms with E-state index in [2.05, 4.69) is 10.1 Å². The van der Waals surface area contributed by atoms with Crippen molar-refractivity contribution in [1.82, 2.24) is 14.6 Å². The number of rotatable bonds is 0. The second-order valence-corrected chi connectivity index (χ2v) is 2.14. The Hall–Kier alpha value is -1.65. The van der Waals surface area contributed by atoms with E-state index in [1.54, 1.807) is 0 Å². The minimum atomic E-state index is -0.467. The van der Waals surface area contributed by atoms with E-state index in [1.807, 2.05) is 0 Å². The van der Waals surface area contributed by atoms with E-state index in [1.165, 1.54) is 23.1 Å². The summed E-state index contributed by atoms with van der Waals surface area (Å²) >= 11 is 0. The molecule has 0 bridgehead atoms. The first-order valence-electron chi connectivity index (χ1n) is 3.02. The lowest BCUT2D eigenvalue weighted by Gasteiger charge is -1.95. The van der Waals surface area contributed by atoms with Crippen molar-refractivity contribution in [3.63, 3.8) is 0 Å². The van der Waals surface area contributed by atoms with E-state index in [0.717, 1.165) is 0 Å². The van der Waals surface area contributed by atoms with Crippen LogP contribution in [0.3, 0.4) is 0 Å². The van der Waals surface area contributed by atoms with Gasteiger partial charge in [0.15, 0.2) is 11.5 Å². The number of nitrogens with two attached hydrogens (primary N) is 1. The zero-order chi connectivity index (χ0) is 7.84. The summed E-state index contributed by atoms with van der Waals surface area (Å²) in [6.07, 6.45) is 2.73. The minimum absolute atomic E-state index is 0.0722. The molecule has 11 heavy (non-hydrogen) atoms. The number of nitrogen functional groups attached to an aromatic ring is 1. The Bertz CT molecular complexity index is 358. The van der Waals surface area contributed by atoms with Crippen molar-refractivity contribution in [1.29, 1.82) is 0 Å². The highest BCUT2D eigenvalue weighted by molar-refractivity contribution is 5.47. The molecule has 0 aliphatic carbocycles. The Morgan fingerprint density at radius 1 is 1.55 bits per heavy atom. The van der Waals surface area contributed by atoms with Crippen molar-refractivity contribution >= 4 is 11.3 Å². The number of hydrogen-bond acceptors (Lipinski definition) is 3. The third-order valence-electron chi connectivity index (χ3n) is 1.39. The quantitative estimate of drug-likeness (QED) is 0.596. The maximum absolute atomic E-state index is 12.7. The summed E-state index contributed by atoms with van der Waals surface area (Å²) in [5.74, 6) is -0.467. The molecule has 5 heteroatoms. The normalized spacial score (nSPS) is 10.6. The molecule has 56 valence electrons. The summed E-state index contributed by atoms with van der Waals surface area (Å²) < 4.78 is 14.1. The van der Waals surface area contributed by atoms with E-state index in [-0.39, 0.29) is 5.69 Å². The van der Waals surface area contributed by atoms with E-state index < -0.39 is 5.82 Å². The Labute approximate surface area is 61.5 Å². The minimum Gasteiger partial charge on any atom is -0.395 e. The maximum atomic E-state index is 12.7. The van der Waals surface area contributed by atoms with E-state index >= 15 is 0 Å². The largest absolute Gasteiger partial charge is 0.395 e. The molecule has 0 fully saturated rings. The molecule has 0 amide bonds. The molecule has 0 unspecified atom stereocenters. The highest BCUT2D eigenvalue weighted by atomic mass is 19.1. The topological polar surface area (TPSA) is 56.2 Å². The fourth-order valence-electron chi connectivity index (χ4n) is 0.852. The molecule has 2 aromatic rings. The molecule has 0 saturated heterocycles. The van der Waals surface area contributed by atoms with Crippen LogP contribution >= 0.6 is 0 Å². The molecular formula is C6H5FN4. The van der Waals surface area contributed by atoms with Gasteiger partial charge in [0.25, 0.3) is 0 Å². The standard InChI is InChI=1S/C6H5FN4/c7-4-1-6-9-3-10-11(6)2-5(4)8/h1-3H,8H2. The molecule has 0 spiro atoms. The van der Waals surface area contributed by atoms with Crippen LogP contribution in [0.4, 0.5) is 10.1 Å². The van der Waals surface area contributed by atoms with Gasteiger partial charge in [0.1, 0.15) is 6.33 Å². The third-order valence-corrected chi connectivity index (χ3v) is 1.39. The number of halogens is 1. The average Bonchev–Trinajstić information content (AvgIpc) is 2.36. The molecular weight excluding hydrogens is 147 g/mol. The van der Waals surface area contributed by atoms with Gasteiger partial charge in [0.2, 0.25) is 0 Å². The molecule has 0 aromatic carbocycles. The molecule has 2 aromatic heterocycles. The van der Waals surface area contributed by atoms with Gasteiger partial charge in [-0.3, -0.25) is 0 Å². The number of nitrogens with zero attached hydrogens (tertiary/aromatic N) is 3. The lowest BCUT2D eigenvalue weighted by atomic mass is 10.4. The smallest absolute Gasteiger partial charge is 0.158 e. The number of fused-ring (bicyclic) bond motifs is 1. The Morgan fingerprint density at radius 2 is 2.36 bits per heavy atom. The summed E-state index contributed by atoms with van der Waals surface area (Å²) in [5, 5.41) is 3.78. The van der Waals surface area contributed by atoms with Crippen LogP contribution in [0.5, 0.6) is 0 Å². The number of anilines is 1. The first kappa shape index (κ1) is 6.09. The second kappa shape index (κ2) is 1.91. The molecule has 2 N–H and O–H groups in total. The van der Waals surface area contributed by atoms with Crippen molar-refractivity contribution < 1.29 is 4.39 Å². The number of hydrogen-bond donors (Lipinski definition) is 1. The summed E-state index contributed by atoms with van der Waals surface area (Å²) in [4.78, 5) is 3.78. The zero-order valence-corrected chi connectivity index (χ0v) is 5.53. The molecule has 0 saturated carbocycles. The van der Waals surface area contributed by atoms with Crippen LogP contribution in [0.15, 0.2) is 18.6 Å².